The summed E-state index contributed by atoms with van der Waals surface area (Å²) in [5.41, 5.74) is 12.0. The van der Waals surface area contributed by atoms with Gasteiger partial charge in [0.15, 0.2) is 0 Å². The van der Waals surface area contributed by atoms with Crippen LogP contribution in [0.1, 0.15) is 11.1 Å². The molecule has 8 rings (SSSR count). The third kappa shape index (κ3) is 4.18. The van der Waals surface area contributed by atoms with Gasteiger partial charge in [-0.2, -0.15) is 5.26 Å². The highest BCUT2D eigenvalue weighted by atomic mass is 15.0. The standard InChI is InChI=1S/C42H28N2/c1-28-18-20-30(21-19-28)34-22-23-35(38-13-6-5-12-37(34)38)31-24-29(27-43)25-32(26-31)36-15-9-17-41-42(36)39-14-7-8-16-40(39)44(41)33-10-3-2-4-11-33/h2-26H,1H3. The van der Waals surface area contributed by atoms with Gasteiger partial charge in [0, 0.05) is 16.5 Å². The highest BCUT2D eigenvalue weighted by molar-refractivity contribution is 6.16. The number of nitrogens with zero attached hydrogens (tertiary/aromatic N) is 2. The number of aromatic nitrogens is 1. The van der Waals surface area contributed by atoms with E-state index in [0.717, 1.165) is 39.0 Å². The molecule has 1 aromatic heterocycles. The van der Waals surface area contributed by atoms with Crippen molar-refractivity contribution in [3.63, 3.8) is 0 Å². The van der Waals surface area contributed by atoms with E-state index in [0.29, 0.717) is 5.56 Å². The van der Waals surface area contributed by atoms with Gasteiger partial charge in [-0.15, -0.1) is 0 Å². The van der Waals surface area contributed by atoms with Crippen LogP contribution >= 0.6 is 0 Å². The number of hydrogen-bond acceptors (Lipinski definition) is 1. The van der Waals surface area contributed by atoms with E-state index in [-0.39, 0.29) is 0 Å². The van der Waals surface area contributed by atoms with Crippen molar-refractivity contribution in [1.29, 1.82) is 5.26 Å². The van der Waals surface area contributed by atoms with Gasteiger partial charge in [-0.25, -0.2) is 0 Å². The van der Waals surface area contributed by atoms with Crippen molar-refractivity contribution in [2.24, 2.45) is 0 Å². The molecular weight excluding hydrogens is 532 g/mol. The predicted molar refractivity (Wildman–Crippen MR) is 184 cm³/mol. The first-order chi connectivity index (χ1) is 21.7. The maximum absolute atomic E-state index is 10.2. The van der Waals surface area contributed by atoms with Crippen LogP contribution in [0.2, 0.25) is 0 Å². The molecule has 2 nitrogen and oxygen atoms in total. The summed E-state index contributed by atoms with van der Waals surface area (Å²) in [5, 5.41) is 14.9. The van der Waals surface area contributed by atoms with Crippen LogP contribution in [0.4, 0.5) is 0 Å². The Kier molecular flexibility index (Phi) is 6.10. The number of nitriles is 1. The first-order valence-corrected chi connectivity index (χ1v) is 14.9. The molecule has 0 aliphatic rings. The molecule has 0 aliphatic carbocycles. The van der Waals surface area contributed by atoms with E-state index >= 15 is 0 Å². The van der Waals surface area contributed by atoms with Crippen LogP contribution in [0.5, 0.6) is 0 Å². The molecular formula is C42H28N2. The van der Waals surface area contributed by atoms with Crippen LogP contribution in [0.15, 0.2) is 152 Å². The quantitative estimate of drug-likeness (QED) is 0.210. The van der Waals surface area contributed by atoms with Gasteiger partial charge >= 0.3 is 0 Å². The van der Waals surface area contributed by atoms with E-state index in [9.17, 15) is 5.26 Å². The molecule has 0 fully saturated rings. The van der Waals surface area contributed by atoms with Crippen molar-refractivity contribution < 1.29 is 0 Å². The van der Waals surface area contributed by atoms with Crippen LogP contribution in [0, 0.1) is 18.3 Å². The largest absolute Gasteiger partial charge is 0.309 e. The Morgan fingerprint density at radius 2 is 1.07 bits per heavy atom. The fourth-order valence-electron chi connectivity index (χ4n) is 6.65. The molecule has 0 spiro atoms. The first kappa shape index (κ1) is 25.8. The lowest BCUT2D eigenvalue weighted by molar-refractivity contribution is 1.18. The minimum Gasteiger partial charge on any atom is -0.309 e. The highest BCUT2D eigenvalue weighted by Gasteiger charge is 2.17. The Balaban J connectivity index is 1.37. The molecule has 0 saturated heterocycles. The summed E-state index contributed by atoms with van der Waals surface area (Å²) in [5.74, 6) is 0. The molecule has 8 aromatic rings. The fourth-order valence-corrected chi connectivity index (χ4v) is 6.65. The van der Waals surface area contributed by atoms with Gasteiger partial charge in [0.25, 0.3) is 0 Å². The second kappa shape index (κ2) is 10.4. The lowest BCUT2D eigenvalue weighted by Crippen LogP contribution is -1.93. The Bertz CT molecular complexity index is 2390. The SMILES string of the molecule is Cc1ccc(-c2ccc(-c3cc(C#N)cc(-c4cccc5c4c4ccccc4n5-c4ccccc4)c3)c3ccccc23)cc1. The minimum atomic E-state index is 0.646. The summed E-state index contributed by atoms with van der Waals surface area (Å²) in [4.78, 5) is 0. The molecule has 0 atom stereocenters. The van der Waals surface area contributed by atoms with Crippen LogP contribution in [0.25, 0.3) is 71.6 Å². The van der Waals surface area contributed by atoms with Crippen molar-refractivity contribution in [2.75, 3.05) is 0 Å². The summed E-state index contributed by atoms with van der Waals surface area (Å²) in [6.45, 7) is 2.12. The van der Waals surface area contributed by atoms with E-state index in [1.165, 1.54) is 38.2 Å². The highest BCUT2D eigenvalue weighted by Crippen LogP contribution is 2.41. The van der Waals surface area contributed by atoms with Gasteiger partial charge in [-0.05, 0) is 93.5 Å². The summed E-state index contributed by atoms with van der Waals surface area (Å²) < 4.78 is 2.33. The summed E-state index contributed by atoms with van der Waals surface area (Å²) in [6.07, 6.45) is 0. The zero-order valence-corrected chi connectivity index (χ0v) is 24.3. The number of hydrogen-bond donors (Lipinski definition) is 0. The van der Waals surface area contributed by atoms with Crippen LogP contribution in [-0.4, -0.2) is 4.57 Å². The van der Waals surface area contributed by atoms with Gasteiger partial charge in [0.2, 0.25) is 0 Å². The molecule has 7 aromatic carbocycles. The number of para-hydroxylation sites is 2. The van der Waals surface area contributed by atoms with Gasteiger partial charge in [-0.3, -0.25) is 0 Å². The second-order valence-corrected chi connectivity index (χ2v) is 11.4. The molecule has 206 valence electrons. The Hall–Kier alpha value is -5.91. The predicted octanol–water partition coefficient (Wildman–Crippen LogP) is 11.1. The van der Waals surface area contributed by atoms with Crippen molar-refractivity contribution >= 4 is 32.6 Å². The average molecular weight is 561 g/mol. The second-order valence-electron chi connectivity index (χ2n) is 11.4. The first-order valence-electron chi connectivity index (χ1n) is 14.9. The van der Waals surface area contributed by atoms with E-state index in [4.69, 9.17) is 0 Å². The lowest BCUT2D eigenvalue weighted by atomic mass is 9.89. The fraction of sp³-hybridized carbons (Fsp3) is 0.0238. The van der Waals surface area contributed by atoms with Crippen LogP contribution in [0.3, 0.4) is 0 Å². The van der Waals surface area contributed by atoms with Crippen molar-refractivity contribution in [2.45, 2.75) is 6.92 Å². The van der Waals surface area contributed by atoms with Gasteiger partial charge in [-0.1, -0.05) is 115 Å². The molecule has 0 bridgehead atoms. The van der Waals surface area contributed by atoms with Gasteiger partial charge < -0.3 is 4.57 Å². The van der Waals surface area contributed by atoms with Crippen molar-refractivity contribution in [3.8, 4) is 45.1 Å². The van der Waals surface area contributed by atoms with E-state index < -0.39 is 0 Å². The van der Waals surface area contributed by atoms with Crippen LogP contribution < -0.4 is 0 Å². The summed E-state index contributed by atoms with van der Waals surface area (Å²) >= 11 is 0. The molecule has 0 aliphatic heterocycles. The summed E-state index contributed by atoms with van der Waals surface area (Å²) in [6, 6.07) is 56.1. The third-order valence-electron chi connectivity index (χ3n) is 8.68. The summed E-state index contributed by atoms with van der Waals surface area (Å²) in [7, 11) is 0. The zero-order valence-electron chi connectivity index (χ0n) is 24.3. The van der Waals surface area contributed by atoms with E-state index in [1.807, 2.05) is 12.1 Å². The Morgan fingerprint density at radius 1 is 0.477 bits per heavy atom. The Labute approximate surface area is 256 Å². The van der Waals surface area contributed by atoms with Crippen molar-refractivity contribution in [3.05, 3.63) is 163 Å². The number of rotatable bonds is 4. The Morgan fingerprint density at radius 3 is 1.77 bits per heavy atom. The molecule has 44 heavy (non-hydrogen) atoms. The molecule has 0 N–H and O–H groups in total. The number of fused-ring (bicyclic) bond motifs is 4. The average Bonchev–Trinajstić information content (AvgIpc) is 3.43. The molecule has 0 unspecified atom stereocenters. The monoisotopic (exact) mass is 560 g/mol. The van der Waals surface area contributed by atoms with Gasteiger partial charge in [0.1, 0.15) is 0 Å². The normalized spacial score (nSPS) is 11.3. The molecule has 1 heterocycles. The maximum atomic E-state index is 10.2. The topological polar surface area (TPSA) is 28.7 Å². The van der Waals surface area contributed by atoms with E-state index in [2.05, 4.69) is 157 Å². The van der Waals surface area contributed by atoms with Gasteiger partial charge in [0.05, 0.1) is 22.7 Å². The molecule has 0 amide bonds. The molecule has 2 heteroatoms. The van der Waals surface area contributed by atoms with Crippen molar-refractivity contribution in [1.82, 2.24) is 4.57 Å². The maximum Gasteiger partial charge on any atom is 0.0992 e. The lowest BCUT2D eigenvalue weighted by Gasteiger charge is -2.14. The third-order valence-corrected chi connectivity index (χ3v) is 8.68. The molecule has 0 saturated carbocycles. The smallest absolute Gasteiger partial charge is 0.0992 e. The molecule has 0 radical (unpaired) electrons. The van der Waals surface area contributed by atoms with Crippen LogP contribution in [-0.2, 0) is 0 Å². The number of aryl methyl sites for hydroxylation is 1. The van der Waals surface area contributed by atoms with E-state index in [1.54, 1.807) is 0 Å². The number of benzene rings is 7. The minimum absolute atomic E-state index is 0.646. The zero-order chi connectivity index (χ0) is 29.6.